The van der Waals surface area contributed by atoms with E-state index in [4.69, 9.17) is 14.6 Å². The summed E-state index contributed by atoms with van der Waals surface area (Å²) in [5, 5.41) is 10.4. The van der Waals surface area contributed by atoms with Crippen molar-refractivity contribution in [3.63, 3.8) is 0 Å². The van der Waals surface area contributed by atoms with Crippen LogP contribution in [0.2, 0.25) is 0 Å². The van der Waals surface area contributed by atoms with Crippen molar-refractivity contribution in [3.8, 4) is 5.19 Å². The van der Waals surface area contributed by atoms with E-state index in [0.29, 0.717) is 23.2 Å². The molecule has 0 saturated heterocycles. The lowest BCUT2D eigenvalue weighted by molar-refractivity contribution is -0.192. The van der Waals surface area contributed by atoms with Crippen molar-refractivity contribution in [2.24, 2.45) is 0 Å². The third-order valence-corrected chi connectivity index (χ3v) is 4.06. The number of fused-ring (bicyclic) bond motifs is 1. The van der Waals surface area contributed by atoms with Crippen LogP contribution in [0.5, 0.6) is 5.19 Å². The Labute approximate surface area is 148 Å². The Morgan fingerprint density at radius 1 is 1.31 bits per heavy atom. The minimum atomic E-state index is -5.08. The number of benzene rings is 1. The fraction of sp³-hybridized carbons (Fsp3) is 0.267. The zero-order valence-electron chi connectivity index (χ0n) is 13.0. The Bertz CT molecular complexity index is 790. The summed E-state index contributed by atoms with van der Waals surface area (Å²) in [5.41, 5.74) is 1.65. The fourth-order valence-corrected chi connectivity index (χ4v) is 2.72. The van der Waals surface area contributed by atoms with Gasteiger partial charge in [-0.3, -0.25) is 4.79 Å². The van der Waals surface area contributed by atoms with E-state index in [0.717, 1.165) is 17.7 Å². The first kappa shape index (κ1) is 19.6. The predicted molar refractivity (Wildman–Crippen MR) is 82.6 cm³/mol. The van der Waals surface area contributed by atoms with Crippen molar-refractivity contribution in [1.29, 1.82) is 0 Å². The minimum Gasteiger partial charge on any atom is -0.475 e. The maximum atomic E-state index is 12.8. The summed E-state index contributed by atoms with van der Waals surface area (Å²) in [6.45, 7) is 0.932. The van der Waals surface area contributed by atoms with Crippen LogP contribution in [0.15, 0.2) is 24.3 Å². The average molecular weight is 392 g/mol. The zero-order valence-corrected chi connectivity index (χ0v) is 13.8. The highest BCUT2D eigenvalue weighted by Crippen LogP contribution is 2.27. The molecule has 0 unspecified atom stereocenters. The number of carboxylic acid groups (broad SMARTS) is 1. The van der Waals surface area contributed by atoms with Gasteiger partial charge in [-0.05, 0) is 17.7 Å². The molecule has 2 heterocycles. The molecule has 0 atom stereocenters. The van der Waals surface area contributed by atoms with Crippen molar-refractivity contribution in [3.05, 3.63) is 46.2 Å². The molecule has 1 aliphatic heterocycles. The number of thiazole rings is 1. The summed E-state index contributed by atoms with van der Waals surface area (Å²) in [4.78, 5) is 25.4. The van der Waals surface area contributed by atoms with E-state index >= 15 is 0 Å². The van der Waals surface area contributed by atoms with Gasteiger partial charge >= 0.3 is 12.1 Å². The summed E-state index contributed by atoms with van der Waals surface area (Å²) < 4.78 is 50.0. The highest BCUT2D eigenvalue weighted by molar-refractivity contribution is 7.15. The number of amides is 1. The second kappa shape index (κ2) is 8.13. The first-order valence-corrected chi connectivity index (χ1v) is 7.93. The van der Waals surface area contributed by atoms with E-state index in [9.17, 15) is 22.4 Å². The number of nitrogens with zero attached hydrogens (tertiary/aromatic N) is 1. The average Bonchev–Trinajstić information content (AvgIpc) is 2.99. The maximum Gasteiger partial charge on any atom is 0.490 e. The molecular formula is C15H12F4N2O4S. The number of hydrogen-bond donors (Lipinski definition) is 2. The number of carbonyl (C=O) groups is 2. The first-order valence-electron chi connectivity index (χ1n) is 7.12. The lowest BCUT2D eigenvalue weighted by Crippen LogP contribution is -2.30. The molecule has 1 aromatic carbocycles. The van der Waals surface area contributed by atoms with Gasteiger partial charge in [0.15, 0.2) is 0 Å². The highest BCUT2D eigenvalue weighted by atomic mass is 32.1. The van der Waals surface area contributed by atoms with Gasteiger partial charge in [-0.15, -0.1) is 0 Å². The van der Waals surface area contributed by atoms with Crippen LogP contribution in [0.25, 0.3) is 0 Å². The summed E-state index contributed by atoms with van der Waals surface area (Å²) in [5.74, 6) is -3.12. The van der Waals surface area contributed by atoms with E-state index in [-0.39, 0.29) is 11.7 Å². The SMILES string of the molecule is O=C(O)C(F)(F)F.O=C1NCCc2nc(OCc3ccc(F)cc3)sc21. The molecule has 11 heteroatoms. The monoisotopic (exact) mass is 392 g/mol. The van der Waals surface area contributed by atoms with Crippen LogP contribution >= 0.6 is 11.3 Å². The number of alkyl halides is 3. The van der Waals surface area contributed by atoms with Crippen molar-refractivity contribution in [2.75, 3.05) is 6.54 Å². The number of hydrogen-bond acceptors (Lipinski definition) is 5. The maximum absolute atomic E-state index is 12.8. The van der Waals surface area contributed by atoms with E-state index in [2.05, 4.69) is 10.3 Å². The smallest absolute Gasteiger partial charge is 0.475 e. The molecule has 0 aliphatic carbocycles. The molecule has 0 spiro atoms. The van der Waals surface area contributed by atoms with Crippen LogP contribution in [0.4, 0.5) is 17.6 Å². The van der Waals surface area contributed by atoms with Crippen LogP contribution in [-0.4, -0.2) is 34.7 Å². The zero-order chi connectivity index (χ0) is 19.3. The van der Waals surface area contributed by atoms with E-state index in [1.165, 1.54) is 23.5 Å². The van der Waals surface area contributed by atoms with Gasteiger partial charge in [0.2, 0.25) is 0 Å². The van der Waals surface area contributed by atoms with Crippen molar-refractivity contribution in [2.45, 2.75) is 19.2 Å². The van der Waals surface area contributed by atoms with Crippen molar-refractivity contribution >= 4 is 23.2 Å². The molecule has 1 amide bonds. The number of halogens is 4. The topological polar surface area (TPSA) is 88.5 Å². The number of carbonyl (C=O) groups excluding carboxylic acids is 1. The van der Waals surface area contributed by atoms with Gasteiger partial charge in [-0.2, -0.15) is 13.2 Å². The van der Waals surface area contributed by atoms with E-state index in [1.54, 1.807) is 12.1 Å². The number of carboxylic acids is 1. The van der Waals surface area contributed by atoms with Gasteiger partial charge in [0.25, 0.3) is 11.1 Å². The quantitative estimate of drug-likeness (QED) is 0.785. The fourth-order valence-electron chi connectivity index (χ4n) is 1.84. The Kier molecular flexibility index (Phi) is 6.14. The summed E-state index contributed by atoms with van der Waals surface area (Å²) in [7, 11) is 0. The molecular weight excluding hydrogens is 380 g/mol. The number of rotatable bonds is 3. The van der Waals surface area contributed by atoms with Gasteiger partial charge in [0, 0.05) is 13.0 Å². The molecule has 140 valence electrons. The van der Waals surface area contributed by atoms with Crippen LogP contribution in [-0.2, 0) is 17.8 Å². The van der Waals surface area contributed by atoms with Gasteiger partial charge in [0.1, 0.15) is 17.3 Å². The Morgan fingerprint density at radius 3 is 2.46 bits per heavy atom. The third-order valence-electron chi connectivity index (χ3n) is 3.05. The predicted octanol–water partition coefficient (Wildman–Crippen LogP) is 2.78. The minimum absolute atomic E-state index is 0.0876. The molecule has 26 heavy (non-hydrogen) atoms. The third kappa shape index (κ3) is 5.41. The van der Waals surface area contributed by atoms with Crippen LogP contribution in [0.3, 0.4) is 0 Å². The Morgan fingerprint density at radius 2 is 1.92 bits per heavy atom. The molecule has 0 bridgehead atoms. The lowest BCUT2D eigenvalue weighted by Gasteiger charge is -2.08. The molecule has 0 radical (unpaired) electrons. The van der Waals surface area contributed by atoms with Crippen molar-refractivity contribution < 1.29 is 37.0 Å². The van der Waals surface area contributed by atoms with E-state index in [1.807, 2.05) is 0 Å². The summed E-state index contributed by atoms with van der Waals surface area (Å²) in [6, 6.07) is 6.10. The molecule has 3 rings (SSSR count). The second-order valence-corrected chi connectivity index (χ2v) is 5.94. The van der Waals surface area contributed by atoms with Crippen LogP contribution < -0.4 is 10.1 Å². The molecule has 2 aromatic rings. The molecule has 0 fully saturated rings. The van der Waals surface area contributed by atoms with Crippen LogP contribution in [0, 0.1) is 5.82 Å². The van der Waals surface area contributed by atoms with Crippen molar-refractivity contribution in [1.82, 2.24) is 10.3 Å². The van der Waals surface area contributed by atoms with Crippen LogP contribution in [0.1, 0.15) is 20.9 Å². The molecule has 1 aromatic heterocycles. The molecule has 1 aliphatic rings. The standard InChI is InChI=1S/C13H11FN2O2S.C2HF3O2/c14-9-3-1-8(2-4-9)7-18-13-16-10-5-6-15-12(17)11(10)19-13;3-2(4,5)1(6)7/h1-4H,5-7H2,(H,15,17);(H,6,7). The van der Waals surface area contributed by atoms with Gasteiger partial charge in [0.05, 0.1) is 5.69 Å². The summed E-state index contributed by atoms with van der Waals surface area (Å²) in [6.07, 6.45) is -4.35. The normalized spacial score (nSPS) is 13.2. The Hall–Kier alpha value is -2.69. The largest absolute Gasteiger partial charge is 0.490 e. The highest BCUT2D eigenvalue weighted by Gasteiger charge is 2.38. The summed E-state index contributed by atoms with van der Waals surface area (Å²) >= 11 is 1.25. The number of aliphatic carboxylic acids is 1. The number of nitrogens with one attached hydrogen (secondary N) is 1. The first-order chi connectivity index (χ1) is 12.2. The van der Waals surface area contributed by atoms with E-state index < -0.39 is 12.1 Å². The van der Waals surface area contributed by atoms with Gasteiger partial charge in [-0.1, -0.05) is 23.5 Å². The molecule has 2 N–H and O–H groups in total. The molecule has 6 nitrogen and oxygen atoms in total. The number of aromatic nitrogens is 1. The Balaban J connectivity index is 0.000000298. The molecule has 0 saturated carbocycles. The van der Waals surface area contributed by atoms with Gasteiger partial charge < -0.3 is 15.2 Å². The number of ether oxygens (including phenoxy) is 1. The second-order valence-electron chi connectivity index (χ2n) is 4.98. The lowest BCUT2D eigenvalue weighted by atomic mass is 10.2. The van der Waals surface area contributed by atoms with Gasteiger partial charge in [-0.25, -0.2) is 14.2 Å².